The van der Waals surface area contributed by atoms with Crippen LogP contribution in [0.5, 0.6) is 0 Å². The number of hydrogen-bond donors (Lipinski definition) is 1. The maximum Gasteiger partial charge on any atom is 0.0741 e. The maximum absolute atomic E-state index is 6.08. The summed E-state index contributed by atoms with van der Waals surface area (Å²) in [6, 6.07) is 9.05. The van der Waals surface area contributed by atoms with Gasteiger partial charge in [-0.1, -0.05) is 28.1 Å². The topological polar surface area (TPSA) is 30.5 Å². The van der Waals surface area contributed by atoms with Gasteiger partial charge in [-0.15, -0.1) is 0 Å². The zero-order chi connectivity index (χ0) is 13.8. The predicted molar refractivity (Wildman–Crippen MR) is 82.7 cm³/mol. The van der Waals surface area contributed by atoms with Crippen LogP contribution < -0.4 is 5.32 Å². The SMILES string of the molecule is Brc1cccc(CNC2CCOC3(CCOCC3)C2)c1. The van der Waals surface area contributed by atoms with E-state index >= 15 is 0 Å². The number of hydrogen-bond acceptors (Lipinski definition) is 3. The van der Waals surface area contributed by atoms with Gasteiger partial charge < -0.3 is 14.8 Å². The molecular formula is C16H22BrNO2. The van der Waals surface area contributed by atoms with Gasteiger partial charge >= 0.3 is 0 Å². The molecule has 1 unspecified atom stereocenters. The van der Waals surface area contributed by atoms with Gasteiger partial charge in [0.05, 0.1) is 5.60 Å². The highest BCUT2D eigenvalue weighted by Gasteiger charge is 2.38. The van der Waals surface area contributed by atoms with Gasteiger partial charge in [0, 0.05) is 36.9 Å². The third-order valence-electron chi connectivity index (χ3n) is 4.38. The second-order valence-corrected chi connectivity index (χ2v) is 6.76. The van der Waals surface area contributed by atoms with E-state index < -0.39 is 0 Å². The molecule has 4 heteroatoms. The molecule has 0 bridgehead atoms. The second-order valence-electron chi connectivity index (χ2n) is 5.84. The van der Waals surface area contributed by atoms with Crippen LogP contribution in [0.15, 0.2) is 28.7 Å². The van der Waals surface area contributed by atoms with Gasteiger partial charge in [0.25, 0.3) is 0 Å². The quantitative estimate of drug-likeness (QED) is 0.916. The Morgan fingerprint density at radius 1 is 1.25 bits per heavy atom. The van der Waals surface area contributed by atoms with Crippen molar-refractivity contribution in [2.75, 3.05) is 19.8 Å². The lowest BCUT2D eigenvalue weighted by Crippen LogP contribution is -2.49. The molecule has 110 valence electrons. The molecule has 1 atom stereocenters. The molecule has 0 radical (unpaired) electrons. The summed E-state index contributed by atoms with van der Waals surface area (Å²) in [7, 11) is 0. The van der Waals surface area contributed by atoms with E-state index in [1.807, 2.05) is 0 Å². The molecule has 1 aromatic carbocycles. The van der Waals surface area contributed by atoms with Crippen LogP contribution >= 0.6 is 15.9 Å². The smallest absolute Gasteiger partial charge is 0.0741 e. The minimum Gasteiger partial charge on any atom is -0.381 e. The Kier molecular flexibility index (Phi) is 4.76. The van der Waals surface area contributed by atoms with Crippen molar-refractivity contribution in [3.8, 4) is 0 Å². The van der Waals surface area contributed by atoms with Crippen LogP contribution in [-0.4, -0.2) is 31.5 Å². The van der Waals surface area contributed by atoms with Gasteiger partial charge in [-0.05, 0) is 43.4 Å². The first-order valence-electron chi connectivity index (χ1n) is 7.45. The minimum absolute atomic E-state index is 0.0748. The first kappa shape index (κ1) is 14.5. The average Bonchev–Trinajstić information content (AvgIpc) is 2.46. The van der Waals surface area contributed by atoms with Gasteiger partial charge in [0.15, 0.2) is 0 Å². The van der Waals surface area contributed by atoms with Crippen molar-refractivity contribution in [3.63, 3.8) is 0 Å². The largest absolute Gasteiger partial charge is 0.381 e. The highest BCUT2D eigenvalue weighted by molar-refractivity contribution is 9.10. The molecule has 3 nitrogen and oxygen atoms in total. The van der Waals surface area contributed by atoms with E-state index in [1.165, 1.54) is 5.56 Å². The lowest BCUT2D eigenvalue weighted by molar-refractivity contribution is -0.140. The molecule has 1 N–H and O–H groups in total. The van der Waals surface area contributed by atoms with E-state index in [0.717, 1.165) is 56.5 Å². The van der Waals surface area contributed by atoms with E-state index in [0.29, 0.717) is 6.04 Å². The zero-order valence-electron chi connectivity index (χ0n) is 11.7. The molecule has 0 aromatic heterocycles. The molecule has 0 aliphatic carbocycles. The van der Waals surface area contributed by atoms with Crippen LogP contribution in [0.25, 0.3) is 0 Å². The molecule has 2 aliphatic rings. The summed E-state index contributed by atoms with van der Waals surface area (Å²) in [6.07, 6.45) is 4.31. The first-order valence-corrected chi connectivity index (χ1v) is 8.25. The summed E-state index contributed by atoms with van der Waals surface area (Å²) in [5.41, 5.74) is 1.40. The van der Waals surface area contributed by atoms with Crippen molar-refractivity contribution in [2.24, 2.45) is 0 Å². The summed E-state index contributed by atoms with van der Waals surface area (Å²) in [5, 5.41) is 3.70. The second kappa shape index (κ2) is 6.56. The maximum atomic E-state index is 6.08. The molecule has 1 spiro atoms. The summed E-state index contributed by atoms with van der Waals surface area (Å²) in [5.74, 6) is 0. The normalized spacial score (nSPS) is 25.8. The van der Waals surface area contributed by atoms with Gasteiger partial charge in [-0.25, -0.2) is 0 Å². The van der Waals surface area contributed by atoms with E-state index in [9.17, 15) is 0 Å². The summed E-state index contributed by atoms with van der Waals surface area (Å²) >= 11 is 3.52. The van der Waals surface area contributed by atoms with Crippen LogP contribution in [-0.2, 0) is 16.0 Å². The Balaban J connectivity index is 1.55. The fourth-order valence-electron chi connectivity index (χ4n) is 3.20. The van der Waals surface area contributed by atoms with E-state index in [1.54, 1.807) is 0 Å². The van der Waals surface area contributed by atoms with Gasteiger partial charge in [-0.2, -0.15) is 0 Å². The Hall–Kier alpha value is -0.420. The van der Waals surface area contributed by atoms with Gasteiger partial charge in [0.2, 0.25) is 0 Å². The number of rotatable bonds is 3. The fraction of sp³-hybridized carbons (Fsp3) is 0.625. The number of benzene rings is 1. The molecule has 2 saturated heterocycles. The molecule has 2 aliphatic heterocycles. The molecular weight excluding hydrogens is 318 g/mol. The van der Waals surface area contributed by atoms with Crippen LogP contribution in [0.3, 0.4) is 0 Å². The van der Waals surface area contributed by atoms with E-state index in [4.69, 9.17) is 9.47 Å². The highest BCUT2D eigenvalue weighted by Crippen LogP contribution is 2.34. The van der Waals surface area contributed by atoms with Crippen molar-refractivity contribution in [2.45, 2.75) is 43.9 Å². The van der Waals surface area contributed by atoms with E-state index in [-0.39, 0.29) is 5.60 Å². The lowest BCUT2D eigenvalue weighted by Gasteiger charge is -2.43. The Labute approximate surface area is 129 Å². The zero-order valence-corrected chi connectivity index (χ0v) is 13.3. The molecule has 2 fully saturated rings. The van der Waals surface area contributed by atoms with Crippen LogP contribution in [0.4, 0.5) is 0 Å². The molecule has 3 rings (SSSR count). The molecule has 0 saturated carbocycles. The number of ether oxygens (including phenoxy) is 2. The monoisotopic (exact) mass is 339 g/mol. The highest BCUT2D eigenvalue weighted by atomic mass is 79.9. The molecule has 0 amide bonds. The Morgan fingerprint density at radius 3 is 2.90 bits per heavy atom. The van der Waals surface area contributed by atoms with Crippen molar-refractivity contribution in [1.29, 1.82) is 0 Å². The summed E-state index contributed by atoms with van der Waals surface area (Å²) in [6.45, 7) is 3.49. The van der Waals surface area contributed by atoms with Crippen molar-refractivity contribution >= 4 is 15.9 Å². The van der Waals surface area contributed by atoms with Crippen molar-refractivity contribution in [3.05, 3.63) is 34.3 Å². The van der Waals surface area contributed by atoms with E-state index in [2.05, 4.69) is 45.5 Å². The third-order valence-corrected chi connectivity index (χ3v) is 4.87. The van der Waals surface area contributed by atoms with Crippen LogP contribution in [0.1, 0.15) is 31.2 Å². The molecule has 1 aromatic rings. The lowest BCUT2D eigenvalue weighted by atomic mass is 9.84. The third kappa shape index (κ3) is 3.61. The standard InChI is InChI=1S/C16H22BrNO2/c17-14-3-1-2-13(10-14)12-18-15-4-7-20-16(11-15)5-8-19-9-6-16/h1-3,10,15,18H,4-9,11-12H2. The Bertz CT molecular complexity index is 440. The van der Waals surface area contributed by atoms with Crippen molar-refractivity contribution in [1.82, 2.24) is 5.32 Å². The van der Waals surface area contributed by atoms with Crippen molar-refractivity contribution < 1.29 is 9.47 Å². The predicted octanol–water partition coefficient (Wildman–Crippen LogP) is 3.27. The minimum atomic E-state index is 0.0748. The summed E-state index contributed by atoms with van der Waals surface area (Å²) in [4.78, 5) is 0. The van der Waals surface area contributed by atoms with Gasteiger partial charge in [0.1, 0.15) is 0 Å². The van der Waals surface area contributed by atoms with Gasteiger partial charge in [-0.3, -0.25) is 0 Å². The van der Waals surface area contributed by atoms with Crippen LogP contribution in [0, 0.1) is 0 Å². The van der Waals surface area contributed by atoms with Crippen LogP contribution in [0.2, 0.25) is 0 Å². The number of halogens is 1. The Morgan fingerprint density at radius 2 is 2.10 bits per heavy atom. The average molecular weight is 340 g/mol. The summed E-state index contributed by atoms with van der Waals surface area (Å²) < 4.78 is 12.7. The molecule has 20 heavy (non-hydrogen) atoms. The first-order chi connectivity index (χ1) is 9.76. The molecule has 2 heterocycles. The fourth-order valence-corrected chi connectivity index (χ4v) is 3.65. The number of nitrogens with one attached hydrogen (secondary N) is 1.